The number of ketones is 1. The van der Waals surface area contributed by atoms with E-state index in [1.807, 2.05) is 24.3 Å². The van der Waals surface area contributed by atoms with Gasteiger partial charge < -0.3 is 0 Å². The van der Waals surface area contributed by atoms with Crippen LogP contribution in [-0.2, 0) is 0 Å². The van der Waals surface area contributed by atoms with Gasteiger partial charge in [-0.2, -0.15) is 5.10 Å². The SMILES string of the molecule is CC#CC(=O)c1n[nH]c2ccccc12. The summed E-state index contributed by atoms with van der Waals surface area (Å²) in [4.78, 5) is 11.5. The standard InChI is InChI=1S/C11H8N2O/c1-2-5-10(14)11-8-6-3-4-7-9(8)12-13-11/h3-4,6-7H,1H3,(H,12,13). The van der Waals surface area contributed by atoms with Crippen LogP contribution in [0, 0.1) is 11.8 Å². The van der Waals surface area contributed by atoms with Gasteiger partial charge in [-0.3, -0.25) is 9.89 Å². The van der Waals surface area contributed by atoms with Crippen LogP contribution in [-0.4, -0.2) is 16.0 Å². The second-order valence-corrected chi connectivity index (χ2v) is 2.82. The molecule has 0 amide bonds. The van der Waals surface area contributed by atoms with Gasteiger partial charge in [0.15, 0.2) is 0 Å². The monoisotopic (exact) mass is 184 g/mol. The van der Waals surface area contributed by atoms with E-state index in [1.165, 1.54) is 0 Å². The van der Waals surface area contributed by atoms with Gasteiger partial charge in [-0.1, -0.05) is 24.1 Å². The van der Waals surface area contributed by atoms with E-state index >= 15 is 0 Å². The predicted octanol–water partition coefficient (Wildman–Crippen LogP) is 1.77. The maximum atomic E-state index is 11.5. The van der Waals surface area contributed by atoms with Gasteiger partial charge >= 0.3 is 0 Å². The molecular weight excluding hydrogens is 176 g/mol. The number of benzene rings is 1. The molecule has 0 radical (unpaired) electrons. The molecule has 0 saturated carbocycles. The van der Waals surface area contributed by atoms with Crippen LogP contribution < -0.4 is 0 Å². The minimum atomic E-state index is -0.245. The molecule has 0 fully saturated rings. The summed E-state index contributed by atoms with van der Waals surface area (Å²) in [7, 11) is 0. The first-order valence-corrected chi connectivity index (χ1v) is 4.23. The molecule has 1 aromatic heterocycles. The number of nitrogens with zero attached hydrogens (tertiary/aromatic N) is 1. The largest absolute Gasteiger partial charge is 0.277 e. The lowest BCUT2D eigenvalue weighted by Crippen LogP contribution is -1.95. The van der Waals surface area contributed by atoms with E-state index in [-0.39, 0.29) is 5.78 Å². The topological polar surface area (TPSA) is 45.8 Å². The molecule has 1 N–H and O–H groups in total. The highest BCUT2D eigenvalue weighted by Crippen LogP contribution is 2.14. The highest BCUT2D eigenvalue weighted by atomic mass is 16.1. The van der Waals surface area contributed by atoms with Gasteiger partial charge in [0.05, 0.1) is 5.52 Å². The van der Waals surface area contributed by atoms with E-state index in [9.17, 15) is 4.79 Å². The van der Waals surface area contributed by atoms with Crippen molar-refractivity contribution in [1.29, 1.82) is 0 Å². The molecule has 0 aliphatic rings. The quantitative estimate of drug-likeness (QED) is 0.417. The molecule has 0 saturated heterocycles. The van der Waals surface area contributed by atoms with Crippen molar-refractivity contribution in [1.82, 2.24) is 10.2 Å². The highest BCUT2D eigenvalue weighted by molar-refractivity contribution is 6.14. The van der Waals surface area contributed by atoms with E-state index in [2.05, 4.69) is 22.0 Å². The van der Waals surface area contributed by atoms with Gasteiger partial charge in [-0.25, -0.2) is 0 Å². The molecule has 14 heavy (non-hydrogen) atoms. The second kappa shape index (κ2) is 3.35. The number of rotatable bonds is 1. The van der Waals surface area contributed by atoms with Gasteiger partial charge in [0, 0.05) is 5.39 Å². The zero-order valence-electron chi connectivity index (χ0n) is 7.66. The van der Waals surface area contributed by atoms with Crippen molar-refractivity contribution in [3.63, 3.8) is 0 Å². The van der Waals surface area contributed by atoms with Crippen molar-refractivity contribution in [2.24, 2.45) is 0 Å². The van der Waals surface area contributed by atoms with Crippen LogP contribution in [0.5, 0.6) is 0 Å². The molecule has 0 unspecified atom stereocenters. The van der Waals surface area contributed by atoms with Gasteiger partial charge in [0.1, 0.15) is 5.69 Å². The lowest BCUT2D eigenvalue weighted by molar-refractivity contribution is 0.105. The maximum absolute atomic E-state index is 11.5. The Labute approximate surface area is 81.1 Å². The Balaban J connectivity index is 2.62. The van der Waals surface area contributed by atoms with E-state index in [4.69, 9.17) is 0 Å². The zero-order valence-corrected chi connectivity index (χ0v) is 7.66. The van der Waals surface area contributed by atoms with Gasteiger partial charge in [-0.15, -0.1) is 0 Å². The Bertz CT molecular complexity index is 543. The van der Waals surface area contributed by atoms with Gasteiger partial charge in [0.25, 0.3) is 5.78 Å². The predicted molar refractivity (Wildman–Crippen MR) is 53.9 cm³/mol. The molecule has 1 heterocycles. The summed E-state index contributed by atoms with van der Waals surface area (Å²) in [6.07, 6.45) is 0. The lowest BCUT2D eigenvalue weighted by Gasteiger charge is -1.87. The van der Waals surface area contributed by atoms with Crippen molar-refractivity contribution in [2.75, 3.05) is 0 Å². The molecule has 68 valence electrons. The molecule has 3 heteroatoms. The summed E-state index contributed by atoms with van der Waals surface area (Å²) in [5.41, 5.74) is 1.25. The van der Waals surface area contributed by atoms with E-state index < -0.39 is 0 Å². The zero-order chi connectivity index (χ0) is 9.97. The van der Waals surface area contributed by atoms with Crippen LogP contribution >= 0.6 is 0 Å². The first-order valence-electron chi connectivity index (χ1n) is 4.23. The maximum Gasteiger partial charge on any atom is 0.256 e. The Kier molecular flexibility index (Phi) is 2.04. The van der Waals surface area contributed by atoms with Crippen molar-refractivity contribution < 1.29 is 4.79 Å². The average molecular weight is 184 g/mol. The molecule has 2 aromatic rings. The molecule has 0 aliphatic carbocycles. The summed E-state index contributed by atoms with van der Waals surface area (Å²) in [5.74, 6) is 4.79. The molecule has 1 aromatic carbocycles. The normalized spacial score (nSPS) is 9.50. The Hall–Kier alpha value is -2.08. The van der Waals surface area contributed by atoms with Crippen LogP contribution in [0.3, 0.4) is 0 Å². The lowest BCUT2D eigenvalue weighted by atomic mass is 10.1. The van der Waals surface area contributed by atoms with Crippen LogP contribution in [0.25, 0.3) is 10.9 Å². The Morgan fingerprint density at radius 1 is 1.43 bits per heavy atom. The summed E-state index contributed by atoms with van der Waals surface area (Å²) in [6.45, 7) is 1.63. The number of H-pyrrole nitrogens is 1. The third-order valence-electron chi connectivity index (χ3n) is 1.92. The fraction of sp³-hybridized carbons (Fsp3) is 0.0909. The minimum absolute atomic E-state index is 0.245. The van der Waals surface area contributed by atoms with Crippen LogP contribution in [0.1, 0.15) is 17.4 Å². The number of fused-ring (bicyclic) bond motifs is 1. The minimum Gasteiger partial charge on any atom is -0.277 e. The first kappa shape index (κ1) is 8.52. The molecular formula is C11H8N2O. The number of Topliss-reactive ketones (excluding diaryl/α,β-unsaturated/α-hetero) is 1. The number of carbonyl (C=O) groups excluding carboxylic acids is 1. The Morgan fingerprint density at radius 2 is 2.21 bits per heavy atom. The molecule has 0 spiro atoms. The first-order chi connectivity index (χ1) is 6.83. The second-order valence-electron chi connectivity index (χ2n) is 2.82. The molecule has 0 atom stereocenters. The Morgan fingerprint density at radius 3 is 3.00 bits per heavy atom. The smallest absolute Gasteiger partial charge is 0.256 e. The number of hydrogen-bond donors (Lipinski definition) is 1. The van der Waals surface area contributed by atoms with Crippen molar-refractivity contribution in [3.8, 4) is 11.8 Å². The molecule has 0 aliphatic heterocycles. The van der Waals surface area contributed by atoms with E-state index in [1.54, 1.807) is 6.92 Å². The number of aromatic amines is 1. The average Bonchev–Trinajstić information content (AvgIpc) is 2.61. The number of carbonyl (C=O) groups is 1. The van der Waals surface area contributed by atoms with E-state index in [0.717, 1.165) is 10.9 Å². The van der Waals surface area contributed by atoms with Gasteiger partial charge in [0.2, 0.25) is 0 Å². The summed E-state index contributed by atoms with van der Waals surface area (Å²) in [5, 5.41) is 7.55. The van der Waals surface area contributed by atoms with Crippen molar-refractivity contribution >= 4 is 16.7 Å². The molecule has 0 bridgehead atoms. The van der Waals surface area contributed by atoms with Crippen LogP contribution in [0.15, 0.2) is 24.3 Å². The van der Waals surface area contributed by atoms with Gasteiger partial charge in [-0.05, 0) is 18.9 Å². The molecule has 3 nitrogen and oxygen atoms in total. The highest BCUT2D eigenvalue weighted by Gasteiger charge is 2.10. The fourth-order valence-corrected chi connectivity index (χ4v) is 1.31. The number of hydrogen-bond acceptors (Lipinski definition) is 2. The van der Waals surface area contributed by atoms with Crippen molar-refractivity contribution in [3.05, 3.63) is 30.0 Å². The van der Waals surface area contributed by atoms with Crippen molar-refractivity contribution in [2.45, 2.75) is 6.92 Å². The third kappa shape index (κ3) is 1.27. The van der Waals surface area contributed by atoms with Crippen LogP contribution in [0.4, 0.5) is 0 Å². The number of nitrogens with one attached hydrogen (secondary N) is 1. The number of aromatic nitrogens is 2. The fourth-order valence-electron chi connectivity index (χ4n) is 1.31. The number of para-hydroxylation sites is 1. The summed E-state index contributed by atoms with van der Waals surface area (Å²) >= 11 is 0. The summed E-state index contributed by atoms with van der Waals surface area (Å²) < 4.78 is 0. The molecule has 2 rings (SSSR count). The summed E-state index contributed by atoms with van der Waals surface area (Å²) in [6, 6.07) is 7.48. The van der Waals surface area contributed by atoms with E-state index in [0.29, 0.717) is 5.69 Å². The van der Waals surface area contributed by atoms with Crippen LogP contribution in [0.2, 0.25) is 0 Å². The third-order valence-corrected chi connectivity index (χ3v) is 1.92.